The number of hydrogen-bond donors (Lipinski definition) is 1. The van der Waals surface area contributed by atoms with E-state index in [0.29, 0.717) is 11.4 Å². The van der Waals surface area contributed by atoms with E-state index in [9.17, 15) is 8.42 Å². The first kappa shape index (κ1) is 15.3. The minimum atomic E-state index is -3.22. The molecule has 1 N–H and O–H groups in total. The van der Waals surface area contributed by atoms with Gasteiger partial charge in [0.2, 0.25) is 10.0 Å². The molecule has 0 radical (unpaired) electrons. The van der Waals surface area contributed by atoms with Crippen LogP contribution in [-0.4, -0.2) is 32.9 Å². The maximum Gasteiger partial charge on any atom is 0.211 e. The summed E-state index contributed by atoms with van der Waals surface area (Å²) in [5.41, 5.74) is 1.11. The van der Waals surface area contributed by atoms with E-state index in [2.05, 4.69) is 4.72 Å². The molecule has 1 aromatic rings. The van der Waals surface area contributed by atoms with Gasteiger partial charge in [0.25, 0.3) is 0 Å². The Kier molecular flexibility index (Phi) is 4.54. The summed E-state index contributed by atoms with van der Waals surface area (Å²) in [6.45, 7) is 0.762. The molecule has 1 saturated carbocycles. The van der Waals surface area contributed by atoms with Gasteiger partial charge in [-0.3, -0.25) is 0 Å². The Morgan fingerprint density at radius 1 is 1.38 bits per heavy atom. The van der Waals surface area contributed by atoms with Crippen molar-refractivity contribution in [3.63, 3.8) is 0 Å². The lowest BCUT2D eigenvalue weighted by Gasteiger charge is -2.10. The van der Waals surface area contributed by atoms with Crippen LogP contribution in [0.1, 0.15) is 37.2 Å². The van der Waals surface area contributed by atoms with Crippen LogP contribution in [0.3, 0.4) is 0 Å². The van der Waals surface area contributed by atoms with Crippen LogP contribution in [0.2, 0.25) is 5.02 Å². The van der Waals surface area contributed by atoms with Gasteiger partial charge in [0.05, 0.1) is 11.9 Å². The molecule has 4 nitrogen and oxygen atoms in total. The molecule has 1 heterocycles. The molecular formula is C15H20ClNO3S. The van der Waals surface area contributed by atoms with E-state index in [4.69, 9.17) is 16.3 Å². The lowest BCUT2D eigenvalue weighted by Crippen LogP contribution is -2.30. The van der Waals surface area contributed by atoms with Gasteiger partial charge in [-0.1, -0.05) is 23.7 Å². The van der Waals surface area contributed by atoms with Gasteiger partial charge >= 0.3 is 0 Å². The highest BCUT2D eigenvalue weighted by molar-refractivity contribution is 7.89. The third-order valence-corrected chi connectivity index (χ3v) is 5.80. The number of benzene rings is 1. The highest BCUT2D eigenvalue weighted by Gasteiger charge is 2.41. The fourth-order valence-corrected chi connectivity index (χ4v) is 4.49. The summed E-state index contributed by atoms with van der Waals surface area (Å²) in [5, 5.41) is 0.694. The van der Waals surface area contributed by atoms with E-state index in [1.165, 1.54) is 0 Å². The third kappa shape index (κ3) is 4.19. The number of sulfonamides is 1. The molecule has 3 rings (SSSR count). The van der Waals surface area contributed by atoms with Crippen LogP contribution in [0, 0.1) is 0 Å². The standard InChI is InChI=1S/C15H20ClNO3S/c16-12-4-1-3-11(9-12)14-10-15(14)17-21(18,19)8-6-13-5-2-7-20-13/h1,3-4,9,13-15,17H,2,5-8,10H2/t13-,14+,15+/m0/s1. The number of halogens is 1. The first-order valence-electron chi connectivity index (χ1n) is 7.40. The largest absolute Gasteiger partial charge is 0.378 e. The minimum Gasteiger partial charge on any atom is -0.378 e. The van der Waals surface area contributed by atoms with Crippen molar-refractivity contribution in [3.05, 3.63) is 34.9 Å². The number of nitrogens with one attached hydrogen (secondary N) is 1. The summed E-state index contributed by atoms with van der Waals surface area (Å²) in [5.74, 6) is 0.400. The maximum absolute atomic E-state index is 12.1. The monoisotopic (exact) mass is 329 g/mol. The van der Waals surface area contributed by atoms with E-state index in [0.717, 1.165) is 31.4 Å². The summed E-state index contributed by atoms with van der Waals surface area (Å²) in [4.78, 5) is 0. The second kappa shape index (κ2) is 6.24. The zero-order valence-corrected chi connectivity index (χ0v) is 13.4. The fourth-order valence-electron chi connectivity index (χ4n) is 2.88. The Morgan fingerprint density at radius 2 is 2.24 bits per heavy atom. The second-order valence-corrected chi connectivity index (χ2v) is 8.17. The summed E-state index contributed by atoms with van der Waals surface area (Å²) in [6, 6.07) is 7.65. The number of rotatable bonds is 6. The summed E-state index contributed by atoms with van der Waals surface area (Å²) < 4.78 is 32.4. The van der Waals surface area contributed by atoms with Gasteiger partial charge in [0, 0.05) is 23.6 Å². The molecule has 0 unspecified atom stereocenters. The first-order chi connectivity index (χ1) is 10.0. The van der Waals surface area contributed by atoms with Gasteiger partial charge in [-0.15, -0.1) is 0 Å². The summed E-state index contributed by atoms with van der Waals surface area (Å²) >= 11 is 5.97. The highest BCUT2D eigenvalue weighted by Crippen LogP contribution is 2.41. The minimum absolute atomic E-state index is 0.0120. The van der Waals surface area contributed by atoms with Gasteiger partial charge in [-0.2, -0.15) is 0 Å². The summed E-state index contributed by atoms with van der Waals surface area (Å²) in [6.07, 6.45) is 3.56. The van der Waals surface area contributed by atoms with Gasteiger partial charge in [-0.05, 0) is 43.4 Å². The SMILES string of the molecule is O=S(=O)(CC[C@@H]1CCCO1)N[C@@H]1C[C@@H]1c1cccc(Cl)c1. The van der Waals surface area contributed by atoms with Gasteiger partial charge < -0.3 is 4.74 Å². The van der Waals surface area contributed by atoms with E-state index >= 15 is 0 Å². The molecular weight excluding hydrogens is 310 g/mol. The average Bonchev–Trinajstić information content (AvgIpc) is 2.99. The Balaban J connectivity index is 1.50. The topological polar surface area (TPSA) is 55.4 Å². The van der Waals surface area contributed by atoms with Crippen molar-refractivity contribution in [2.75, 3.05) is 12.4 Å². The van der Waals surface area contributed by atoms with E-state index in [1.807, 2.05) is 24.3 Å². The van der Waals surface area contributed by atoms with Crippen LogP contribution >= 0.6 is 11.6 Å². The van der Waals surface area contributed by atoms with Crippen LogP contribution in [0.5, 0.6) is 0 Å². The molecule has 0 amide bonds. The molecule has 1 aliphatic heterocycles. The Labute approximate surface area is 130 Å². The third-order valence-electron chi connectivity index (χ3n) is 4.13. The molecule has 116 valence electrons. The molecule has 1 saturated heterocycles. The predicted molar refractivity (Wildman–Crippen MR) is 83.1 cm³/mol. The molecule has 0 spiro atoms. The van der Waals surface area contributed by atoms with Crippen molar-refractivity contribution in [3.8, 4) is 0 Å². The van der Waals surface area contributed by atoms with Crippen LogP contribution in [0.25, 0.3) is 0 Å². The number of ether oxygens (including phenoxy) is 1. The Hall–Kier alpha value is -0.620. The normalized spacial score (nSPS) is 28.7. The molecule has 2 aliphatic rings. The lowest BCUT2D eigenvalue weighted by molar-refractivity contribution is 0.109. The van der Waals surface area contributed by atoms with Crippen molar-refractivity contribution >= 4 is 21.6 Å². The molecule has 0 aromatic heterocycles. The van der Waals surface area contributed by atoms with Crippen molar-refractivity contribution in [2.24, 2.45) is 0 Å². The molecule has 3 atom stereocenters. The van der Waals surface area contributed by atoms with Crippen molar-refractivity contribution in [1.29, 1.82) is 0 Å². The highest BCUT2D eigenvalue weighted by atomic mass is 35.5. The van der Waals surface area contributed by atoms with E-state index in [1.54, 1.807) is 0 Å². The molecule has 0 bridgehead atoms. The number of hydrogen-bond acceptors (Lipinski definition) is 3. The molecule has 1 aromatic carbocycles. The Bertz CT molecular complexity index is 599. The van der Waals surface area contributed by atoms with Crippen molar-refractivity contribution in [2.45, 2.75) is 43.7 Å². The van der Waals surface area contributed by atoms with Gasteiger partial charge in [0.1, 0.15) is 0 Å². The molecule has 2 fully saturated rings. The van der Waals surface area contributed by atoms with Crippen LogP contribution in [0.15, 0.2) is 24.3 Å². The lowest BCUT2D eigenvalue weighted by atomic mass is 10.1. The Morgan fingerprint density at radius 3 is 2.95 bits per heavy atom. The van der Waals surface area contributed by atoms with E-state index < -0.39 is 10.0 Å². The zero-order valence-electron chi connectivity index (χ0n) is 11.8. The van der Waals surface area contributed by atoms with Gasteiger partial charge in [-0.25, -0.2) is 13.1 Å². The fraction of sp³-hybridized carbons (Fsp3) is 0.600. The first-order valence-corrected chi connectivity index (χ1v) is 9.43. The van der Waals surface area contributed by atoms with Crippen LogP contribution < -0.4 is 4.72 Å². The quantitative estimate of drug-likeness (QED) is 0.873. The van der Waals surface area contributed by atoms with Crippen LogP contribution in [0.4, 0.5) is 0 Å². The van der Waals surface area contributed by atoms with Crippen molar-refractivity contribution in [1.82, 2.24) is 4.72 Å². The zero-order chi connectivity index (χ0) is 14.9. The molecule has 1 aliphatic carbocycles. The predicted octanol–water partition coefficient (Wildman–Crippen LogP) is 2.68. The second-order valence-electron chi connectivity index (χ2n) is 5.86. The van der Waals surface area contributed by atoms with Crippen molar-refractivity contribution < 1.29 is 13.2 Å². The molecule has 21 heavy (non-hydrogen) atoms. The van der Waals surface area contributed by atoms with Crippen LogP contribution in [-0.2, 0) is 14.8 Å². The smallest absolute Gasteiger partial charge is 0.211 e. The summed E-state index contributed by atoms with van der Waals surface area (Å²) in [7, 11) is -3.22. The average molecular weight is 330 g/mol. The maximum atomic E-state index is 12.1. The molecule has 6 heteroatoms. The van der Waals surface area contributed by atoms with E-state index in [-0.39, 0.29) is 23.8 Å². The van der Waals surface area contributed by atoms with Gasteiger partial charge in [0.15, 0.2) is 0 Å².